The van der Waals surface area contributed by atoms with E-state index in [9.17, 15) is 4.79 Å². The fourth-order valence-electron chi connectivity index (χ4n) is 2.12. The molecule has 0 radical (unpaired) electrons. The summed E-state index contributed by atoms with van der Waals surface area (Å²) in [5.74, 6) is 0.757. The third-order valence-electron chi connectivity index (χ3n) is 3.70. The van der Waals surface area contributed by atoms with Crippen molar-refractivity contribution in [2.45, 2.75) is 38.3 Å². The average Bonchev–Trinajstić information content (AvgIpc) is 3.15. The van der Waals surface area contributed by atoms with Crippen molar-refractivity contribution >= 4 is 5.91 Å². The fraction of sp³-hybridized carbons (Fsp3) is 0.533. The van der Waals surface area contributed by atoms with Crippen molar-refractivity contribution in [3.05, 3.63) is 35.9 Å². The van der Waals surface area contributed by atoms with Gasteiger partial charge in [0.1, 0.15) is 0 Å². The lowest BCUT2D eigenvalue weighted by atomic mass is 10.1. The van der Waals surface area contributed by atoms with Gasteiger partial charge in [0.05, 0.1) is 6.54 Å². The lowest BCUT2D eigenvalue weighted by Crippen LogP contribution is -2.40. The van der Waals surface area contributed by atoms with Gasteiger partial charge in [0.15, 0.2) is 0 Å². The SMILES string of the molecule is CC(C)N(C)C(=O)CNC1CC1c1ccccc1. The molecule has 1 aromatic carbocycles. The van der Waals surface area contributed by atoms with Crippen LogP contribution in [0.2, 0.25) is 0 Å². The van der Waals surface area contributed by atoms with E-state index < -0.39 is 0 Å². The molecular weight excluding hydrogens is 224 g/mol. The Balaban J connectivity index is 1.76. The third-order valence-corrected chi connectivity index (χ3v) is 3.70. The maximum Gasteiger partial charge on any atom is 0.236 e. The van der Waals surface area contributed by atoms with Crippen molar-refractivity contribution in [1.29, 1.82) is 0 Å². The molecule has 1 amide bonds. The lowest BCUT2D eigenvalue weighted by Gasteiger charge is -2.21. The van der Waals surface area contributed by atoms with Crippen molar-refractivity contribution in [1.82, 2.24) is 10.2 Å². The van der Waals surface area contributed by atoms with Gasteiger partial charge in [0, 0.05) is 25.0 Å². The molecule has 1 N–H and O–H groups in total. The minimum atomic E-state index is 0.170. The van der Waals surface area contributed by atoms with E-state index >= 15 is 0 Å². The van der Waals surface area contributed by atoms with Crippen LogP contribution in [0.3, 0.4) is 0 Å². The molecule has 0 heterocycles. The van der Waals surface area contributed by atoms with Crippen LogP contribution in [-0.4, -0.2) is 36.5 Å². The Hall–Kier alpha value is -1.35. The van der Waals surface area contributed by atoms with Crippen molar-refractivity contribution < 1.29 is 4.79 Å². The normalized spacial score (nSPS) is 22.0. The number of rotatable bonds is 5. The van der Waals surface area contributed by atoms with Crippen LogP contribution in [0.25, 0.3) is 0 Å². The van der Waals surface area contributed by atoms with Crippen LogP contribution in [0.15, 0.2) is 30.3 Å². The molecule has 1 aromatic rings. The number of hydrogen-bond acceptors (Lipinski definition) is 2. The van der Waals surface area contributed by atoms with E-state index in [2.05, 4.69) is 29.6 Å². The second-order valence-electron chi connectivity index (χ2n) is 5.34. The smallest absolute Gasteiger partial charge is 0.236 e. The molecule has 0 aliphatic heterocycles. The second kappa shape index (κ2) is 5.53. The van der Waals surface area contributed by atoms with Gasteiger partial charge < -0.3 is 10.2 Å². The molecule has 0 spiro atoms. The van der Waals surface area contributed by atoms with E-state index in [0.29, 0.717) is 18.5 Å². The molecule has 3 heteroatoms. The highest BCUT2D eigenvalue weighted by Crippen LogP contribution is 2.40. The molecule has 18 heavy (non-hydrogen) atoms. The van der Waals surface area contributed by atoms with Gasteiger partial charge in [-0.2, -0.15) is 0 Å². The zero-order valence-electron chi connectivity index (χ0n) is 11.4. The maximum atomic E-state index is 11.8. The molecule has 0 saturated heterocycles. The monoisotopic (exact) mass is 246 g/mol. The average molecular weight is 246 g/mol. The highest BCUT2D eigenvalue weighted by Gasteiger charge is 2.38. The summed E-state index contributed by atoms with van der Waals surface area (Å²) in [4.78, 5) is 13.6. The van der Waals surface area contributed by atoms with Crippen molar-refractivity contribution in [3.8, 4) is 0 Å². The summed E-state index contributed by atoms with van der Waals surface area (Å²) >= 11 is 0. The minimum absolute atomic E-state index is 0.170. The van der Waals surface area contributed by atoms with E-state index in [1.54, 1.807) is 4.90 Å². The molecule has 2 rings (SSSR count). The first-order valence-corrected chi connectivity index (χ1v) is 6.63. The first-order chi connectivity index (χ1) is 8.59. The van der Waals surface area contributed by atoms with Crippen LogP contribution in [0.5, 0.6) is 0 Å². The summed E-state index contributed by atoms with van der Waals surface area (Å²) in [6, 6.07) is 11.2. The number of amides is 1. The van der Waals surface area contributed by atoms with E-state index in [1.807, 2.05) is 27.0 Å². The summed E-state index contributed by atoms with van der Waals surface area (Å²) in [5.41, 5.74) is 1.37. The summed E-state index contributed by atoms with van der Waals surface area (Å²) in [5, 5.41) is 3.35. The van der Waals surface area contributed by atoms with Gasteiger partial charge in [0.2, 0.25) is 5.91 Å². The third kappa shape index (κ3) is 3.10. The molecular formula is C15H22N2O. The van der Waals surface area contributed by atoms with Crippen LogP contribution in [0.1, 0.15) is 31.7 Å². The quantitative estimate of drug-likeness (QED) is 0.862. The largest absolute Gasteiger partial charge is 0.342 e. The Bertz CT molecular complexity index is 402. The van der Waals surface area contributed by atoms with Crippen molar-refractivity contribution in [3.63, 3.8) is 0 Å². The molecule has 1 fully saturated rings. The highest BCUT2D eigenvalue weighted by molar-refractivity contribution is 5.78. The molecule has 2 unspecified atom stereocenters. The van der Waals surface area contributed by atoms with Gasteiger partial charge in [0.25, 0.3) is 0 Å². The lowest BCUT2D eigenvalue weighted by molar-refractivity contribution is -0.130. The van der Waals surface area contributed by atoms with Crippen LogP contribution in [0, 0.1) is 0 Å². The number of benzene rings is 1. The summed E-state index contributed by atoms with van der Waals surface area (Å²) in [6.07, 6.45) is 1.14. The van der Waals surface area contributed by atoms with Crippen LogP contribution < -0.4 is 5.32 Å². The zero-order chi connectivity index (χ0) is 13.1. The Morgan fingerprint density at radius 3 is 2.67 bits per heavy atom. The first-order valence-electron chi connectivity index (χ1n) is 6.63. The Labute approximate surface area is 109 Å². The van der Waals surface area contributed by atoms with Gasteiger partial charge in [-0.1, -0.05) is 30.3 Å². The summed E-state index contributed by atoms with van der Waals surface area (Å²) < 4.78 is 0. The molecule has 0 bridgehead atoms. The van der Waals surface area contributed by atoms with Gasteiger partial charge in [-0.05, 0) is 25.8 Å². The van der Waals surface area contributed by atoms with Crippen LogP contribution >= 0.6 is 0 Å². The molecule has 2 atom stereocenters. The van der Waals surface area contributed by atoms with E-state index in [4.69, 9.17) is 0 Å². The molecule has 0 aromatic heterocycles. The van der Waals surface area contributed by atoms with Gasteiger partial charge in [-0.3, -0.25) is 4.79 Å². The minimum Gasteiger partial charge on any atom is -0.342 e. The number of nitrogens with zero attached hydrogens (tertiary/aromatic N) is 1. The molecule has 98 valence electrons. The maximum absolute atomic E-state index is 11.8. The van der Waals surface area contributed by atoms with Gasteiger partial charge in [-0.25, -0.2) is 0 Å². The predicted molar refractivity (Wildman–Crippen MR) is 73.5 cm³/mol. The molecule has 3 nitrogen and oxygen atoms in total. The number of likely N-dealkylation sites (N-methyl/N-ethyl adjacent to an activating group) is 1. The Kier molecular flexibility index (Phi) is 4.02. The zero-order valence-corrected chi connectivity index (χ0v) is 11.4. The summed E-state index contributed by atoms with van der Waals surface area (Å²) in [6.45, 7) is 4.51. The van der Waals surface area contributed by atoms with E-state index in [1.165, 1.54) is 5.56 Å². The Morgan fingerprint density at radius 1 is 1.39 bits per heavy atom. The predicted octanol–water partition coefficient (Wildman–Crippen LogP) is 2.00. The number of hydrogen-bond donors (Lipinski definition) is 1. The summed E-state index contributed by atoms with van der Waals surface area (Å²) in [7, 11) is 1.86. The standard InChI is InChI=1S/C15H22N2O/c1-11(2)17(3)15(18)10-16-14-9-13(14)12-7-5-4-6-8-12/h4-8,11,13-14,16H,9-10H2,1-3H3. The molecule has 1 aliphatic rings. The Morgan fingerprint density at radius 2 is 2.06 bits per heavy atom. The highest BCUT2D eigenvalue weighted by atomic mass is 16.2. The fourth-order valence-corrected chi connectivity index (χ4v) is 2.12. The van der Waals surface area contributed by atoms with Crippen molar-refractivity contribution in [2.24, 2.45) is 0 Å². The number of nitrogens with one attached hydrogen (secondary N) is 1. The van der Waals surface area contributed by atoms with E-state index in [-0.39, 0.29) is 11.9 Å². The molecule has 1 saturated carbocycles. The van der Waals surface area contributed by atoms with Gasteiger partial charge >= 0.3 is 0 Å². The van der Waals surface area contributed by atoms with Crippen molar-refractivity contribution in [2.75, 3.05) is 13.6 Å². The first kappa shape index (κ1) is 13.1. The van der Waals surface area contributed by atoms with Crippen LogP contribution in [-0.2, 0) is 4.79 Å². The topological polar surface area (TPSA) is 32.3 Å². The second-order valence-corrected chi connectivity index (χ2v) is 5.34. The number of carbonyl (C=O) groups is 1. The number of carbonyl (C=O) groups excluding carboxylic acids is 1. The van der Waals surface area contributed by atoms with Crippen LogP contribution in [0.4, 0.5) is 0 Å². The van der Waals surface area contributed by atoms with E-state index in [0.717, 1.165) is 6.42 Å². The van der Waals surface area contributed by atoms with Gasteiger partial charge in [-0.15, -0.1) is 0 Å². The molecule has 1 aliphatic carbocycles.